The van der Waals surface area contributed by atoms with Gasteiger partial charge in [0, 0.05) is 4.88 Å². The largest absolute Gasteiger partial charge is 0.271 e. The van der Waals surface area contributed by atoms with Gasteiger partial charge in [0.1, 0.15) is 0 Å². The third kappa shape index (κ3) is 2.66. The van der Waals surface area contributed by atoms with Crippen LogP contribution < -0.4 is 11.3 Å². The van der Waals surface area contributed by atoms with Gasteiger partial charge in [-0.3, -0.25) is 11.3 Å². The predicted octanol–water partition coefficient (Wildman–Crippen LogP) is 2.53. The number of nitrogens with two attached hydrogens (primary N) is 1. The number of nitrogens with one attached hydrogen (secondary N) is 1. The Kier molecular flexibility index (Phi) is 4.15. The molecule has 0 saturated heterocycles. The first-order valence-corrected chi connectivity index (χ1v) is 5.28. The fourth-order valence-electron chi connectivity index (χ4n) is 1.32. The van der Waals surface area contributed by atoms with Crippen LogP contribution in [0.2, 0.25) is 0 Å². The van der Waals surface area contributed by atoms with Gasteiger partial charge in [-0.1, -0.05) is 6.08 Å². The Bertz CT molecular complexity index is 268. The second-order valence-electron chi connectivity index (χ2n) is 3.05. The summed E-state index contributed by atoms with van der Waals surface area (Å²) in [5.41, 5.74) is 4.16. The topological polar surface area (TPSA) is 38.0 Å². The number of rotatable bonds is 5. The fourth-order valence-corrected chi connectivity index (χ4v) is 2.34. The van der Waals surface area contributed by atoms with E-state index in [0.29, 0.717) is 0 Å². The number of thiophene rings is 1. The molecule has 0 aliphatic rings. The summed E-state index contributed by atoms with van der Waals surface area (Å²) in [7, 11) is 0. The molecule has 72 valence electrons. The van der Waals surface area contributed by atoms with E-state index in [9.17, 15) is 0 Å². The average Bonchev–Trinajstić information content (AvgIpc) is 2.54. The minimum absolute atomic E-state index is 0.276. The van der Waals surface area contributed by atoms with Gasteiger partial charge in [-0.05, 0) is 36.8 Å². The molecule has 0 bridgehead atoms. The van der Waals surface area contributed by atoms with Gasteiger partial charge in [-0.2, -0.15) is 0 Å². The highest BCUT2D eigenvalue weighted by Gasteiger charge is 2.11. The van der Waals surface area contributed by atoms with Crippen LogP contribution >= 0.6 is 11.3 Å². The zero-order valence-electron chi connectivity index (χ0n) is 7.92. The minimum Gasteiger partial charge on any atom is -0.271 e. The standard InChI is InChI=1S/C10H16N2S/c1-3-4-5-9(12-11)10-8(2)6-7-13-10/h3,6-7,9,12H,1,4-5,11H2,2H3. The van der Waals surface area contributed by atoms with E-state index in [1.54, 1.807) is 11.3 Å². The molecule has 0 aromatic carbocycles. The van der Waals surface area contributed by atoms with Crippen LogP contribution in [0.25, 0.3) is 0 Å². The molecule has 1 unspecified atom stereocenters. The minimum atomic E-state index is 0.276. The SMILES string of the molecule is C=CCCC(NN)c1sccc1C. The monoisotopic (exact) mass is 196 g/mol. The zero-order valence-corrected chi connectivity index (χ0v) is 8.73. The van der Waals surface area contributed by atoms with E-state index in [-0.39, 0.29) is 6.04 Å². The Labute approximate surface area is 83.4 Å². The Balaban J connectivity index is 2.66. The van der Waals surface area contributed by atoms with E-state index in [2.05, 4.69) is 30.4 Å². The maximum Gasteiger partial charge on any atom is 0.0558 e. The summed E-state index contributed by atoms with van der Waals surface area (Å²) in [6.45, 7) is 5.82. The molecule has 0 saturated carbocycles. The van der Waals surface area contributed by atoms with Crippen molar-refractivity contribution in [1.29, 1.82) is 0 Å². The van der Waals surface area contributed by atoms with Crippen LogP contribution in [0.5, 0.6) is 0 Å². The summed E-state index contributed by atoms with van der Waals surface area (Å²) in [6.07, 6.45) is 3.93. The van der Waals surface area contributed by atoms with E-state index in [4.69, 9.17) is 5.84 Å². The number of aryl methyl sites for hydroxylation is 1. The fraction of sp³-hybridized carbons (Fsp3) is 0.400. The maximum absolute atomic E-state index is 5.50. The Hall–Kier alpha value is -0.640. The highest BCUT2D eigenvalue weighted by Crippen LogP contribution is 2.26. The molecule has 1 rings (SSSR count). The van der Waals surface area contributed by atoms with Crippen LogP contribution in [-0.4, -0.2) is 0 Å². The Morgan fingerprint density at radius 1 is 1.77 bits per heavy atom. The van der Waals surface area contributed by atoms with E-state index in [1.807, 2.05) is 6.08 Å². The molecule has 3 N–H and O–H groups in total. The summed E-state index contributed by atoms with van der Waals surface area (Å²) in [5, 5.41) is 2.10. The molecule has 3 heteroatoms. The molecule has 0 fully saturated rings. The summed E-state index contributed by atoms with van der Waals surface area (Å²) in [5.74, 6) is 5.50. The summed E-state index contributed by atoms with van der Waals surface area (Å²) < 4.78 is 0. The zero-order chi connectivity index (χ0) is 9.68. The second kappa shape index (κ2) is 5.17. The van der Waals surface area contributed by atoms with Crippen molar-refractivity contribution < 1.29 is 0 Å². The van der Waals surface area contributed by atoms with E-state index in [1.165, 1.54) is 10.4 Å². The van der Waals surface area contributed by atoms with Crippen LogP contribution in [-0.2, 0) is 0 Å². The van der Waals surface area contributed by atoms with Gasteiger partial charge >= 0.3 is 0 Å². The second-order valence-corrected chi connectivity index (χ2v) is 4.00. The lowest BCUT2D eigenvalue weighted by Gasteiger charge is -2.14. The molecule has 0 amide bonds. The van der Waals surface area contributed by atoms with Crippen molar-refractivity contribution in [2.45, 2.75) is 25.8 Å². The van der Waals surface area contributed by atoms with Crippen molar-refractivity contribution in [2.75, 3.05) is 0 Å². The summed E-state index contributed by atoms with van der Waals surface area (Å²) >= 11 is 1.76. The van der Waals surface area contributed by atoms with Crippen LogP contribution in [0.4, 0.5) is 0 Å². The molecule has 1 aromatic heterocycles. The molecule has 2 nitrogen and oxygen atoms in total. The van der Waals surface area contributed by atoms with Crippen molar-refractivity contribution in [3.8, 4) is 0 Å². The number of allylic oxidation sites excluding steroid dienone is 1. The van der Waals surface area contributed by atoms with Crippen molar-refractivity contribution in [3.63, 3.8) is 0 Å². The van der Waals surface area contributed by atoms with Gasteiger partial charge in [-0.25, -0.2) is 0 Å². The molecule has 0 spiro atoms. The van der Waals surface area contributed by atoms with E-state index < -0.39 is 0 Å². The summed E-state index contributed by atoms with van der Waals surface area (Å²) in [4.78, 5) is 1.34. The van der Waals surface area contributed by atoms with Gasteiger partial charge in [0.25, 0.3) is 0 Å². The average molecular weight is 196 g/mol. The highest BCUT2D eigenvalue weighted by atomic mass is 32.1. The lowest BCUT2D eigenvalue weighted by atomic mass is 10.1. The Morgan fingerprint density at radius 3 is 3.00 bits per heavy atom. The van der Waals surface area contributed by atoms with Crippen LogP contribution in [0.1, 0.15) is 29.3 Å². The maximum atomic E-state index is 5.50. The quantitative estimate of drug-likeness (QED) is 0.431. The molecule has 13 heavy (non-hydrogen) atoms. The molecule has 0 aliphatic carbocycles. The number of hydrogen-bond acceptors (Lipinski definition) is 3. The van der Waals surface area contributed by atoms with Crippen molar-refractivity contribution >= 4 is 11.3 Å². The normalized spacial score (nSPS) is 12.8. The first kappa shape index (κ1) is 10.4. The van der Waals surface area contributed by atoms with Crippen LogP contribution in [0.15, 0.2) is 24.1 Å². The van der Waals surface area contributed by atoms with Crippen LogP contribution in [0, 0.1) is 6.92 Å². The molecular weight excluding hydrogens is 180 g/mol. The third-order valence-corrected chi connectivity index (χ3v) is 3.21. The van der Waals surface area contributed by atoms with Gasteiger partial charge < -0.3 is 0 Å². The lowest BCUT2D eigenvalue weighted by molar-refractivity contribution is 0.527. The van der Waals surface area contributed by atoms with Crippen molar-refractivity contribution in [2.24, 2.45) is 5.84 Å². The van der Waals surface area contributed by atoms with E-state index in [0.717, 1.165) is 12.8 Å². The van der Waals surface area contributed by atoms with Crippen molar-refractivity contribution in [1.82, 2.24) is 5.43 Å². The van der Waals surface area contributed by atoms with Gasteiger partial charge in [-0.15, -0.1) is 17.9 Å². The highest BCUT2D eigenvalue weighted by molar-refractivity contribution is 7.10. The number of hydrogen-bond donors (Lipinski definition) is 2. The number of hydrazine groups is 1. The first-order valence-electron chi connectivity index (χ1n) is 4.40. The van der Waals surface area contributed by atoms with Crippen molar-refractivity contribution in [3.05, 3.63) is 34.5 Å². The Morgan fingerprint density at radius 2 is 2.54 bits per heavy atom. The first-order chi connectivity index (χ1) is 6.29. The molecule has 1 atom stereocenters. The van der Waals surface area contributed by atoms with Gasteiger partial charge in [0.15, 0.2) is 0 Å². The predicted molar refractivity (Wildman–Crippen MR) is 58.6 cm³/mol. The molecule has 0 radical (unpaired) electrons. The van der Waals surface area contributed by atoms with Gasteiger partial charge in [0.05, 0.1) is 6.04 Å². The summed E-state index contributed by atoms with van der Waals surface area (Å²) in [6, 6.07) is 2.40. The molecule has 1 aromatic rings. The molecule has 0 aliphatic heterocycles. The van der Waals surface area contributed by atoms with Crippen LogP contribution in [0.3, 0.4) is 0 Å². The third-order valence-electron chi connectivity index (χ3n) is 2.08. The van der Waals surface area contributed by atoms with E-state index >= 15 is 0 Å². The molecular formula is C10H16N2S. The smallest absolute Gasteiger partial charge is 0.0558 e. The lowest BCUT2D eigenvalue weighted by Crippen LogP contribution is -2.27. The molecule has 1 heterocycles. The van der Waals surface area contributed by atoms with Gasteiger partial charge in [0.2, 0.25) is 0 Å².